The maximum atomic E-state index is 9.02. The number of anilines is 1. The van der Waals surface area contributed by atoms with E-state index < -0.39 is 0 Å². The van der Waals surface area contributed by atoms with E-state index in [1.165, 1.54) is 0 Å². The number of halogens is 2. The van der Waals surface area contributed by atoms with Gasteiger partial charge in [-0.15, -0.1) is 0 Å². The summed E-state index contributed by atoms with van der Waals surface area (Å²) in [6.45, 7) is 0. The molecule has 0 aliphatic heterocycles. The molecule has 3 nitrogen and oxygen atoms in total. The highest BCUT2D eigenvalue weighted by Crippen LogP contribution is 2.36. The zero-order valence-corrected chi connectivity index (χ0v) is 11.5. The van der Waals surface area contributed by atoms with Crippen LogP contribution in [0.4, 0.5) is 5.69 Å². The van der Waals surface area contributed by atoms with Crippen molar-refractivity contribution in [3.63, 3.8) is 0 Å². The Morgan fingerprint density at radius 3 is 2.72 bits per heavy atom. The standard InChI is InChI=1S/C13H8BrClN2O/c14-9-5-4-8(7-16)12(6-9)18-13-10(15)2-1-3-11(13)17/h1-6H,17H2. The molecule has 0 radical (unpaired) electrons. The van der Waals surface area contributed by atoms with Gasteiger partial charge in [0.15, 0.2) is 5.75 Å². The summed E-state index contributed by atoms with van der Waals surface area (Å²) in [7, 11) is 0. The molecular weight excluding hydrogens is 316 g/mol. The second-order valence-corrected chi connectivity index (χ2v) is 4.84. The van der Waals surface area contributed by atoms with Crippen molar-refractivity contribution in [2.45, 2.75) is 0 Å². The predicted molar refractivity (Wildman–Crippen MR) is 74.8 cm³/mol. The van der Waals surface area contributed by atoms with E-state index in [1.807, 2.05) is 0 Å². The second kappa shape index (κ2) is 5.30. The topological polar surface area (TPSA) is 59.0 Å². The minimum Gasteiger partial charge on any atom is -0.452 e. The maximum Gasteiger partial charge on any atom is 0.168 e. The minimum absolute atomic E-state index is 0.355. The molecule has 0 aliphatic rings. The van der Waals surface area contributed by atoms with E-state index >= 15 is 0 Å². The Morgan fingerprint density at radius 1 is 1.28 bits per heavy atom. The molecule has 18 heavy (non-hydrogen) atoms. The molecule has 2 N–H and O–H groups in total. The molecule has 0 atom stereocenters. The van der Waals surface area contributed by atoms with Crippen molar-refractivity contribution in [2.75, 3.05) is 5.73 Å². The molecule has 90 valence electrons. The average molecular weight is 324 g/mol. The summed E-state index contributed by atoms with van der Waals surface area (Å²) in [5.41, 5.74) is 6.63. The summed E-state index contributed by atoms with van der Waals surface area (Å²) < 4.78 is 6.44. The Labute approximate surface area is 118 Å². The van der Waals surface area contributed by atoms with Gasteiger partial charge in [-0.05, 0) is 30.3 Å². The monoisotopic (exact) mass is 322 g/mol. The quantitative estimate of drug-likeness (QED) is 0.836. The highest BCUT2D eigenvalue weighted by molar-refractivity contribution is 9.10. The molecule has 2 rings (SSSR count). The first-order valence-electron chi connectivity index (χ1n) is 5.03. The van der Waals surface area contributed by atoms with Crippen LogP contribution in [0.15, 0.2) is 40.9 Å². The van der Waals surface area contributed by atoms with Crippen LogP contribution in [0.1, 0.15) is 5.56 Å². The lowest BCUT2D eigenvalue weighted by Gasteiger charge is -2.11. The van der Waals surface area contributed by atoms with Gasteiger partial charge in [-0.3, -0.25) is 0 Å². The third-order valence-electron chi connectivity index (χ3n) is 2.27. The molecule has 0 bridgehead atoms. The van der Waals surface area contributed by atoms with Gasteiger partial charge in [-0.2, -0.15) is 5.26 Å². The summed E-state index contributed by atoms with van der Waals surface area (Å²) in [6, 6.07) is 12.3. The number of nitrogen functional groups attached to an aromatic ring is 1. The summed E-state index contributed by atoms with van der Waals surface area (Å²) in [5.74, 6) is 0.764. The molecule has 0 spiro atoms. The van der Waals surface area contributed by atoms with Gasteiger partial charge in [0.25, 0.3) is 0 Å². The lowest BCUT2D eigenvalue weighted by molar-refractivity contribution is 0.483. The van der Waals surface area contributed by atoms with Gasteiger partial charge < -0.3 is 10.5 Å². The number of ether oxygens (including phenoxy) is 1. The Kier molecular flexibility index (Phi) is 3.75. The van der Waals surface area contributed by atoms with Crippen molar-refractivity contribution in [3.8, 4) is 17.6 Å². The predicted octanol–water partition coefficient (Wildman–Crippen LogP) is 4.35. The molecule has 2 aromatic carbocycles. The van der Waals surface area contributed by atoms with Crippen LogP contribution < -0.4 is 10.5 Å². The average Bonchev–Trinajstić information content (AvgIpc) is 2.34. The number of benzene rings is 2. The molecule has 0 saturated heterocycles. The fourth-order valence-electron chi connectivity index (χ4n) is 1.42. The lowest BCUT2D eigenvalue weighted by atomic mass is 10.2. The third-order valence-corrected chi connectivity index (χ3v) is 3.06. The number of rotatable bonds is 2. The zero-order chi connectivity index (χ0) is 13.1. The molecule has 0 unspecified atom stereocenters. The number of nitrogens with zero attached hydrogens (tertiary/aromatic N) is 1. The van der Waals surface area contributed by atoms with Crippen LogP contribution in [0.2, 0.25) is 5.02 Å². The fraction of sp³-hybridized carbons (Fsp3) is 0. The highest BCUT2D eigenvalue weighted by Gasteiger charge is 2.10. The molecule has 0 aromatic heterocycles. The van der Waals surface area contributed by atoms with Gasteiger partial charge in [-0.1, -0.05) is 33.6 Å². The molecule has 2 aromatic rings. The molecule has 0 fully saturated rings. The van der Waals surface area contributed by atoms with Crippen LogP contribution in [-0.2, 0) is 0 Å². The van der Waals surface area contributed by atoms with Gasteiger partial charge in [0.2, 0.25) is 0 Å². The number of nitrogens with two attached hydrogens (primary N) is 1. The van der Waals surface area contributed by atoms with E-state index in [0.717, 1.165) is 4.47 Å². The highest BCUT2D eigenvalue weighted by atomic mass is 79.9. The van der Waals surface area contributed by atoms with Crippen molar-refractivity contribution >= 4 is 33.2 Å². The fourth-order valence-corrected chi connectivity index (χ4v) is 1.98. The van der Waals surface area contributed by atoms with Crippen LogP contribution in [0.5, 0.6) is 11.5 Å². The molecule has 0 heterocycles. The molecule has 0 saturated carbocycles. The first-order valence-corrected chi connectivity index (χ1v) is 6.20. The summed E-state index contributed by atoms with van der Waals surface area (Å²) >= 11 is 9.34. The van der Waals surface area contributed by atoms with Gasteiger partial charge >= 0.3 is 0 Å². The van der Waals surface area contributed by atoms with Crippen LogP contribution in [-0.4, -0.2) is 0 Å². The molecule has 5 heteroatoms. The number of para-hydroxylation sites is 1. The number of hydrogen-bond acceptors (Lipinski definition) is 3. The van der Waals surface area contributed by atoms with E-state index in [9.17, 15) is 0 Å². The lowest BCUT2D eigenvalue weighted by Crippen LogP contribution is -1.94. The van der Waals surface area contributed by atoms with Crippen LogP contribution in [0.3, 0.4) is 0 Å². The van der Waals surface area contributed by atoms with Gasteiger partial charge in [0, 0.05) is 4.47 Å². The van der Waals surface area contributed by atoms with Crippen LogP contribution >= 0.6 is 27.5 Å². The van der Waals surface area contributed by atoms with E-state index in [1.54, 1.807) is 36.4 Å². The van der Waals surface area contributed by atoms with Crippen molar-refractivity contribution in [2.24, 2.45) is 0 Å². The SMILES string of the molecule is N#Cc1ccc(Br)cc1Oc1c(N)cccc1Cl. The van der Waals surface area contributed by atoms with E-state index in [-0.39, 0.29) is 0 Å². The van der Waals surface area contributed by atoms with Crippen molar-refractivity contribution in [3.05, 3.63) is 51.5 Å². The first kappa shape index (κ1) is 12.7. The van der Waals surface area contributed by atoms with Crippen molar-refractivity contribution in [1.82, 2.24) is 0 Å². The molecule has 0 amide bonds. The van der Waals surface area contributed by atoms with Crippen molar-refractivity contribution in [1.29, 1.82) is 5.26 Å². The first-order chi connectivity index (χ1) is 8.61. The zero-order valence-electron chi connectivity index (χ0n) is 9.15. The summed E-state index contributed by atoms with van der Waals surface area (Å²) in [4.78, 5) is 0. The van der Waals surface area contributed by atoms with Crippen LogP contribution in [0, 0.1) is 11.3 Å². The summed E-state index contributed by atoms with van der Waals surface area (Å²) in [6.07, 6.45) is 0. The Bertz CT molecular complexity index is 617. The van der Waals surface area contributed by atoms with Gasteiger partial charge in [0.05, 0.1) is 16.3 Å². The smallest absolute Gasteiger partial charge is 0.168 e. The minimum atomic E-state index is 0.355. The Balaban J connectivity index is 2.46. The third kappa shape index (κ3) is 2.58. The van der Waals surface area contributed by atoms with Gasteiger partial charge in [-0.25, -0.2) is 0 Å². The number of hydrogen-bond donors (Lipinski definition) is 1. The van der Waals surface area contributed by atoms with E-state index in [4.69, 9.17) is 27.3 Å². The Morgan fingerprint density at radius 2 is 2.06 bits per heavy atom. The Hall–Kier alpha value is -1.70. The maximum absolute atomic E-state index is 9.02. The number of nitriles is 1. The normalized spacial score (nSPS) is 9.83. The van der Waals surface area contributed by atoms with E-state index in [2.05, 4.69) is 22.0 Å². The van der Waals surface area contributed by atoms with Crippen molar-refractivity contribution < 1.29 is 4.74 Å². The molecule has 0 aliphatic carbocycles. The summed E-state index contributed by atoms with van der Waals surface area (Å²) in [5, 5.41) is 9.42. The van der Waals surface area contributed by atoms with Crippen LogP contribution in [0.25, 0.3) is 0 Å². The molecular formula is C13H8BrClN2O. The van der Waals surface area contributed by atoms with Gasteiger partial charge in [0.1, 0.15) is 11.8 Å². The van der Waals surface area contributed by atoms with E-state index in [0.29, 0.717) is 27.8 Å². The largest absolute Gasteiger partial charge is 0.452 e. The second-order valence-electron chi connectivity index (χ2n) is 3.51.